The average molecular weight is 428 g/mol. The minimum Gasteiger partial charge on any atom is -0.384 e. The number of aromatic nitrogens is 1. The van der Waals surface area contributed by atoms with Gasteiger partial charge in [0.2, 0.25) is 11.8 Å². The van der Waals surface area contributed by atoms with Crippen molar-refractivity contribution in [3.63, 3.8) is 0 Å². The van der Waals surface area contributed by atoms with E-state index < -0.39 is 0 Å². The number of benzene rings is 1. The third-order valence-electron chi connectivity index (χ3n) is 3.89. The van der Waals surface area contributed by atoms with Crippen LogP contribution >= 0.6 is 0 Å². The maximum Gasteiger partial charge on any atom is 1.00 e. The first-order valence-corrected chi connectivity index (χ1v) is 7.15. The Kier molecular flexibility index (Phi) is 6.76. The summed E-state index contributed by atoms with van der Waals surface area (Å²) in [6, 6.07) is 10.0. The van der Waals surface area contributed by atoms with E-state index in [0.717, 1.165) is 17.3 Å². The van der Waals surface area contributed by atoms with Crippen molar-refractivity contribution < 1.29 is 78.5 Å². The topological polar surface area (TPSA) is 89.0 Å². The molecule has 0 saturated carbocycles. The maximum atomic E-state index is 12.2. The molecular weight excluding hydrogens is 413 g/mol. The number of hydrogen-bond acceptors (Lipinski definition) is 3. The Bertz CT molecular complexity index is 765. The molecule has 0 aliphatic carbocycles. The Hall–Kier alpha value is -0.758. The van der Waals surface area contributed by atoms with Crippen molar-refractivity contribution in [1.82, 2.24) is 15.2 Å². The molecule has 2 heterocycles. The van der Waals surface area contributed by atoms with Crippen molar-refractivity contribution in [2.75, 3.05) is 13.1 Å². The average Bonchev–Trinajstić information content (AvgIpc) is 3.18. The predicted octanol–water partition coefficient (Wildman–Crippen LogP) is -1.78. The van der Waals surface area contributed by atoms with Gasteiger partial charge in [0.1, 0.15) is 6.04 Å². The normalized spacial score (nSPS) is 16.7. The van der Waals surface area contributed by atoms with Gasteiger partial charge in [-0.15, -0.1) is 6.07 Å². The monoisotopic (exact) mass is 428 g/mol. The smallest absolute Gasteiger partial charge is 0.384 e. The number of nitrogens with zero attached hydrogens (tertiary/aromatic N) is 2. The Labute approximate surface area is 193 Å². The van der Waals surface area contributed by atoms with E-state index in [-0.39, 0.29) is 93.3 Å². The maximum absolute atomic E-state index is 12.2. The number of carbonyl (C=O) groups excluding carboxylic acids is 2. The van der Waals surface area contributed by atoms with Gasteiger partial charge in [0, 0.05) is 18.3 Å². The van der Waals surface area contributed by atoms with Crippen LogP contribution in [-0.2, 0) is 4.79 Å². The van der Waals surface area contributed by atoms with Crippen LogP contribution < -0.4 is 74.2 Å². The van der Waals surface area contributed by atoms with Gasteiger partial charge in [-0.05, 0) is 12.8 Å². The number of amides is 2. The number of likely N-dealkylation sites (tertiary alicyclic amines) is 1. The van der Waals surface area contributed by atoms with Crippen molar-refractivity contribution in [3.8, 4) is 6.07 Å². The fourth-order valence-electron chi connectivity index (χ4n) is 2.75. The summed E-state index contributed by atoms with van der Waals surface area (Å²) >= 11 is 0. The molecule has 3 rings (SSSR count). The quantitative estimate of drug-likeness (QED) is 0.567. The summed E-state index contributed by atoms with van der Waals surface area (Å²) in [7, 11) is 0. The van der Waals surface area contributed by atoms with Crippen molar-refractivity contribution in [1.29, 1.82) is 5.26 Å². The second kappa shape index (κ2) is 8.37. The van der Waals surface area contributed by atoms with Crippen molar-refractivity contribution in [2.45, 2.75) is 18.9 Å². The van der Waals surface area contributed by atoms with Gasteiger partial charge >= 0.3 is 68.9 Å². The summed E-state index contributed by atoms with van der Waals surface area (Å²) in [4.78, 5) is 28.8. The molecule has 0 unspecified atom stereocenters. The molecule has 1 atom stereocenters. The third kappa shape index (κ3) is 4.02. The summed E-state index contributed by atoms with van der Waals surface area (Å²) < 4.78 is 0. The van der Waals surface area contributed by atoms with E-state index in [4.69, 9.17) is 5.26 Å². The van der Waals surface area contributed by atoms with Crippen LogP contribution in [0, 0.1) is 17.4 Å². The molecule has 2 N–H and O–H groups in total. The van der Waals surface area contributed by atoms with Crippen LogP contribution in [0.5, 0.6) is 0 Å². The van der Waals surface area contributed by atoms with Gasteiger partial charge in [-0.1, -0.05) is 10.9 Å². The Morgan fingerprint density at radius 2 is 2.35 bits per heavy atom. The molecule has 6 nitrogen and oxygen atoms in total. The number of aromatic amines is 1. The van der Waals surface area contributed by atoms with Crippen LogP contribution in [0.25, 0.3) is 10.9 Å². The number of nitrogens with one attached hydrogen (secondary N) is 2. The molecule has 112 valence electrons. The molecule has 1 aliphatic heterocycles. The first kappa shape index (κ1) is 18.6. The summed E-state index contributed by atoms with van der Waals surface area (Å²) in [5.74, 6) is -0.532. The van der Waals surface area contributed by atoms with Crippen LogP contribution in [-0.4, -0.2) is 40.8 Å². The SMILES string of the molecule is N#C[C@@H]1CCCN1C(=O)CNC(=O)c1c[nH]c2cc[c-]cc12.[Cs+]. The number of carbonyl (C=O) groups is 2. The van der Waals surface area contributed by atoms with Gasteiger partial charge in [-0.25, -0.2) is 0 Å². The Morgan fingerprint density at radius 1 is 1.52 bits per heavy atom. The molecule has 2 amide bonds. The minimum atomic E-state index is -0.368. The molecule has 7 heteroatoms. The molecule has 1 saturated heterocycles. The van der Waals surface area contributed by atoms with Gasteiger partial charge in [0.15, 0.2) is 0 Å². The summed E-state index contributed by atoms with van der Waals surface area (Å²) in [5, 5.41) is 12.4. The molecular formula is C16H15CsN4O2. The second-order valence-electron chi connectivity index (χ2n) is 5.23. The van der Waals surface area contributed by atoms with Crippen LogP contribution in [0.3, 0.4) is 0 Å². The van der Waals surface area contributed by atoms with Crippen LogP contribution in [0.2, 0.25) is 0 Å². The van der Waals surface area contributed by atoms with Crippen LogP contribution in [0.1, 0.15) is 23.2 Å². The molecule has 1 aromatic carbocycles. The number of H-pyrrole nitrogens is 1. The fraction of sp³-hybridized carbons (Fsp3) is 0.312. The van der Waals surface area contributed by atoms with E-state index in [1.807, 2.05) is 6.07 Å². The first-order chi connectivity index (χ1) is 10.7. The molecule has 0 spiro atoms. The Morgan fingerprint density at radius 3 is 3.13 bits per heavy atom. The summed E-state index contributed by atoms with van der Waals surface area (Å²) in [6.45, 7) is 0.481. The number of nitriles is 1. The molecule has 23 heavy (non-hydrogen) atoms. The zero-order chi connectivity index (χ0) is 15.5. The molecule has 2 aromatic rings. The second-order valence-corrected chi connectivity index (χ2v) is 5.23. The van der Waals surface area contributed by atoms with E-state index in [0.29, 0.717) is 18.5 Å². The van der Waals surface area contributed by atoms with Crippen LogP contribution in [0.4, 0.5) is 0 Å². The van der Waals surface area contributed by atoms with Crippen molar-refractivity contribution in [2.24, 2.45) is 0 Å². The van der Waals surface area contributed by atoms with Crippen molar-refractivity contribution >= 4 is 22.7 Å². The third-order valence-corrected chi connectivity index (χ3v) is 3.89. The predicted molar refractivity (Wildman–Crippen MR) is 79.8 cm³/mol. The zero-order valence-electron chi connectivity index (χ0n) is 12.9. The van der Waals surface area contributed by atoms with Crippen LogP contribution in [0.15, 0.2) is 24.4 Å². The number of hydrogen-bond donors (Lipinski definition) is 2. The van der Waals surface area contributed by atoms with Crippen molar-refractivity contribution in [3.05, 3.63) is 36.0 Å². The summed E-state index contributed by atoms with van der Waals surface area (Å²) in [6.07, 6.45) is 3.15. The Balaban J connectivity index is 0.00000192. The molecule has 1 fully saturated rings. The van der Waals surface area contributed by atoms with E-state index in [1.54, 1.807) is 18.3 Å². The standard InChI is InChI=1S/C16H15N4O2.Cs/c17-8-11-4-3-7-20(11)15(21)10-19-16(22)13-9-18-14-6-2-1-5-12(13)14;/h2,5-6,9,11,18H,3-4,7,10H2,(H,19,22);/q-1;+1/t11-;/m0./s1. The van der Waals surface area contributed by atoms with E-state index >= 15 is 0 Å². The largest absolute Gasteiger partial charge is 1.00 e. The number of rotatable bonds is 3. The molecule has 1 aromatic heterocycles. The molecule has 1 aliphatic rings. The fourth-order valence-corrected chi connectivity index (χ4v) is 2.75. The van der Waals surface area contributed by atoms with Gasteiger partial charge < -0.3 is 15.2 Å². The first-order valence-electron chi connectivity index (χ1n) is 7.15. The minimum absolute atomic E-state index is 0. The van der Waals surface area contributed by atoms with E-state index in [9.17, 15) is 9.59 Å². The molecule has 0 bridgehead atoms. The van der Waals surface area contributed by atoms with Gasteiger partial charge in [0.25, 0.3) is 0 Å². The van der Waals surface area contributed by atoms with E-state index in [2.05, 4.69) is 22.4 Å². The number of fused-ring (bicyclic) bond motifs is 1. The van der Waals surface area contributed by atoms with Gasteiger partial charge in [-0.2, -0.15) is 23.5 Å². The zero-order valence-corrected chi connectivity index (χ0v) is 19.2. The van der Waals surface area contributed by atoms with E-state index in [1.165, 1.54) is 4.90 Å². The van der Waals surface area contributed by atoms with Gasteiger partial charge in [-0.3, -0.25) is 9.59 Å². The summed E-state index contributed by atoms with van der Waals surface area (Å²) in [5.41, 5.74) is 1.33. The molecule has 0 radical (unpaired) electrons. The van der Waals surface area contributed by atoms with Gasteiger partial charge in [0.05, 0.1) is 12.6 Å².